The molecule has 2 fully saturated rings. The number of halogens is 3. The minimum absolute atomic E-state index is 0.0140. The molecule has 1 saturated carbocycles. The maximum Gasteiger partial charge on any atom is 0.391 e. The zero-order valence-corrected chi connectivity index (χ0v) is 13.0. The third-order valence-corrected chi connectivity index (χ3v) is 4.60. The molecule has 3 unspecified atom stereocenters. The Hall–Kier alpha value is -0.820. The first-order chi connectivity index (χ1) is 10.4. The molecule has 1 amide bonds. The van der Waals surface area contributed by atoms with Crippen molar-refractivity contribution in [3.8, 4) is 0 Å². The van der Waals surface area contributed by atoms with Crippen LogP contribution in [0.25, 0.3) is 0 Å². The summed E-state index contributed by atoms with van der Waals surface area (Å²) in [6, 6.07) is -0.620. The molecule has 3 atom stereocenters. The molecule has 2 rings (SSSR count). The Morgan fingerprint density at radius 2 is 2.00 bits per heavy atom. The van der Waals surface area contributed by atoms with Gasteiger partial charge in [0, 0.05) is 19.1 Å². The van der Waals surface area contributed by atoms with Crippen LogP contribution in [0.4, 0.5) is 13.2 Å². The molecule has 1 saturated heterocycles. The molecule has 4 nitrogen and oxygen atoms in total. The molecule has 22 heavy (non-hydrogen) atoms. The molecule has 0 aromatic rings. The highest BCUT2D eigenvalue weighted by Crippen LogP contribution is 2.37. The minimum Gasteiger partial charge on any atom is -0.378 e. The van der Waals surface area contributed by atoms with E-state index in [0.29, 0.717) is 45.6 Å². The molecule has 0 aromatic heterocycles. The van der Waals surface area contributed by atoms with Crippen LogP contribution in [-0.2, 0) is 9.53 Å². The molecule has 0 spiro atoms. The van der Waals surface area contributed by atoms with Gasteiger partial charge in [-0.25, -0.2) is 0 Å². The molecule has 1 heterocycles. The largest absolute Gasteiger partial charge is 0.391 e. The summed E-state index contributed by atoms with van der Waals surface area (Å²) in [7, 11) is 0. The van der Waals surface area contributed by atoms with E-state index in [0.717, 1.165) is 0 Å². The molecule has 0 aromatic carbocycles. The first-order valence-corrected chi connectivity index (χ1v) is 8.11. The lowest BCUT2D eigenvalue weighted by atomic mass is 9.85. The highest BCUT2D eigenvalue weighted by molar-refractivity contribution is 5.82. The lowest BCUT2D eigenvalue weighted by molar-refractivity contribution is -0.183. The van der Waals surface area contributed by atoms with Crippen molar-refractivity contribution in [2.75, 3.05) is 26.3 Å². The average molecular weight is 322 g/mol. The Labute approximate surface area is 129 Å². The van der Waals surface area contributed by atoms with Crippen molar-refractivity contribution in [3.63, 3.8) is 0 Å². The van der Waals surface area contributed by atoms with Crippen molar-refractivity contribution in [1.29, 1.82) is 0 Å². The van der Waals surface area contributed by atoms with Crippen molar-refractivity contribution in [3.05, 3.63) is 0 Å². The number of morpholine rings is 1. The summed E-state index contributed by atoms with van der Waals surface area (Å²) in [6.45, 7) is 4.07. The highest BCUT2D eigenvalue weighted by atomic mass is 19.4. The highest BCUT2D eigenvalue weighted by Gasteiger charge is 2.42. The van der Waals surface area contributed by atoms with Crippen LogP contribution < -0.4 is 5.32 Å². The number of carbonyl (C=O) groups excluding carboxylic acids is 1. The van der Waals surface area contributed by atoms with Crippen LogP contribution in [0, 0.1) is 5.92 Å². The Bertz CT molecular complexity index is 370. The first-order valence-electron chi connectivity index (χ1n) is 8.11. The second-order valence-electron chi connectivity index (χ2n) is 6.17. The predicted molar refractivity (Wildman–Crippen MR) is 76.4 cm³/mol. The summed E-state index contributed by atoms with van der Waals surface area (Å²) in [4.78, 5) is 14.2. The summed E-state index contributed by atoms with van der Waals surface area (Å²) in [5.74, 6) is -1.25. The SMILES string of the molecule is CCC(NC1CCCC(C(F)(F)F)C1)C(=O)N1CCOCC1. The normalized spacial score (nSPS) is 28.5. The van der Waals surface area contributed by atoms with Crippen LogP contribution in [0.5, 0.6) is 0 Å². The third-order valence-electron chi connectivity index (χ3n) is 4.60. The first kappa shape index (κ1) is 17.5. The number of nitrogens with one attached hydrogen (secondary N) is 1. The number of alkyl halides is 3. The molecule has 0 radical (unpaired) electrons. The molecule has 0 bridgehead atoms. The van der Waals surface area contributed by atoms with Gasteiger partial charge in [-0.15, -0.1) is 0 Å². The van der Waals surface area contributed by atoms with Gasteiger partial charge >= 0.3 is 6.18 Å². The Kier molecular flexibility index (Phi) is 6.09. The van der Waals surface area contributed by atoms with Crippen molar-refractivity contribution in [1.82, 2.24) is 10.2 Å². The monoisotopic (exact) mass is 322 g/mol. The molecule has 1 aliphatic heterocycles. The van der Waals surface area contributed by atoms with Crippen LogP contribution in [0.1, 0.15) is 39.0 Å². The Balaban J connectivity index is 1.90. The van der Waals surface area contributed by atoms with Crippen molar-refractivity contribution in [2.45, 2.75) is 57.3 Å². The standard InChI is InChI=1S/C15H25F3N2O2/c1-2-13(14(21)20-6-8-22-9-7-20)19-12-5-3-4-11(10-12)15(16,17)18/h11-13,19H,2-10H2,1H3. The topological polar surface area (TPSA) is 41.6 Å². The molecule has 1 aliphatic carbocycles. The lowest BCUT2D eigenvalue weighted by Gasteiger charge is -2.35. The second-order valence-corrected chi connectivity index (χ2v) is 6.17. The Morgan fingerprint density at radius 1 is 1.32 bits per heavy atom. The van der Waals surface area contributed by atoms with Crippen molar-refractivity contribution >= 4 is 5.91 Å². The van der Waals surface area contributed by atoms with Gasteiger partial charge in [-0.1, -0.05) is 13.3 Å². The summed E-state index contributed by atoms with van der Waals surface area (Å²) < 4.78 is 43.8. The molecule has 128 valence electrons. The molecule has 7 heteroatoms. The number of rotatable bonds is 4. The second kappa shape index (κ2) is 7.64. The van der Waals surface area contributed by atoms with E-state index in [1.54, 1.807) is 4.90 Å². The number of hydrogen-bond acceptors (Lipinski definition) is 3. The summed E-state index contributed by atoms with van der Waals surface area (Å²) >= 11 is 0. The van der Waals surface area contributed by atoms with E-state index in [4.69, 9.17) is 4.74 Å². The summed E-state index contributed by atoms with van der Waals surface area (Å²) in [5, 5.41) is 3.17. The molecule has 2 aliphatic rings. The van der Waals surface area contributed by atoms with Gasteiger partial charge in [-0.2, -0.15) is 13.2 Å². The van der Waals surface area contributed by atoms with E-state index in [1.807, 2.05) is 6.92 Å². The van der Waals surface area contributed by atoms with Crippen molar-refractivity contribution in [2.24, 2.45) is 5.92 Å². The van der Waals surface area contributed by atoms with Crippen LogP contribution in [0.3, 0.4) is 0 Å². The maximum atomic E-state index is 12.9. The van der Waals surface area contributed by atoms with E-state index >= 15 is 0 Å². The van der Waals surface area contributed by atoms with Gasteiger partial charge in [0.1, 0.15) is 0 Å². The van der Waals surface area contributed by atoms with Crippen LogP contribution in [0.15, 0.2) is 0 Å². The van der Waals surface area contributed by atoms with Gasteiger partial charge in [0.2, 0.25) is 5.91 Å². The zero-order valence-electron chi connectivity index (χ0n) is 13.0. The zero-order chi connectivity index (χ0) is 16.2. The lowest BCUT2D eigenvalue weighted by Crippen LogP contribution is -2.53. The summed E-state index contributed by atoms with van der Waals surface area (Å²) in [6.07, 6.45) is -1.99. The fraction of sp³-hybridized carbons (Fsp3) is 0.933. The van der Waals surface area contributed by atoms with Gasteiger partial charge < -0.3 is 15.0 Å². The number of amides is 1. The number of nitrogens with zero attached hydrogens (tertiary/aromatic N) is 1. The van der Waals surface area contributed by atoms with Gasteiger partial charge in [-0.05, 0) is 25.7 Å². The number of ether oxygens (including phenoxy) is 1. The van der Waals surface area contributed by atoms with Crippen LogP contribution in [0.2, 0.25) is 0 Å². The van der Waals surface area contributed by atoms with E-state index < -0.39 is 18.1 Å². The van der Waals surface area contributed by atoms with E-state index in [1.165, 1.54) is 0 Å². The van der Waals surface area contributed by atoms with Gasteiger partial charge in [0.05, 0.1) is 25.2 Å². The van der Waals surface area contributed by atoms with E-state index in [2.05, 4.69) is 5.32 Å². The fourth-order valence-corrected chi connectivity index (χ4v) is 3.29. The van der Waals surface area contributed by atoms with Crippen molar-refractivity contribution < 1.29 is 22.7 Å². The molecular weight excluding hydrogens is 297 g/mol. The van der Waals surface area contributed by atoms with Gasteiger partial charge in [0.25, 0.3) is 0 Å². The van der Waals surface area contributed by atoms with E-state index in [-0.39, 0.29) is 24.8 Å². The third kappa shape index (κ3) is 4.59. The molecular formula is C15H25F3N2O2. The van der Waals surface area contributed by atoms with Crippen LogP contribution >= 0.6 is 0 Å². The maximum absolute atomic E-state index is 12.9. The minimum atomic E-state index is -4.13. The van der Waals surface area contributed by atoms with Gasteiger partial charge in [-0.3, -0.25) is 4.79 Å². The fourth-order valence-electron chi connectivity index (χ4n) is 3.29. The Morgan fingerprint density at radius 3 is 2.59 bits per heavy atom. The van der Waals surface area contributed by atoms with E-state index in [9.17, 15) is 18.0 Å². The number of carbonyl (C=O) groups is 1. The van der Waals surface area contributed by atoms with Gasteiger partial charge in [0.15, 0.2) is 0 Å². The quantitative estimate of drug-likeness (QED) is 0.864. The average Bonchev–Trinajstić information content (AvgIpc) is 2.52. The smallest absolute Gasteiger partial charge is 0.378 e. The number of hydrogen-bond donors (Lipinski definition) is 1. The summed E-state index contributed by atoms with van der Waals surface area (Å²) in [5.41, 5.74) is 0. The molecule has 1 N–H and O–H groups in total. The predicted octanol–water partition coefficient (Wildman–Crippen LogP) is 2.33. The van der Waals surface area contributed by atoms with Crippen LogP contribution in [-0.4, -0.2) is 55.4 Å².